The van der Waals surface area contributed by atoms with Crippen molar-refractivity contribution in [3.8, 4) is 27.9 Å². The molecule has 5 rings (SSSR count). The highest BCUT2D eigenvalue weighted by atomic mass is 15.4. The van der Waals surface area contributed by atoms with E-state index >= 15 is 0 Å². The van der Waals surface area contributed by atoms with E-state index in [1.54, 1.807) is 0 Å². The first-order valence-electron chi connectivity index (χ1n) is 14.2. The predicted molar refractivity (Wildman–Crippen MR) is 161 cm³/mol. The van der Waals surface area contributed by atoms with Gasteiger partial charge in [-0.05, 0) is 81.9 Å². The molecule has 0 radical (unpaired) electrons. The average molecular weight is 506 g/mol. The van der Waals surface area contributed by atoms with Gasteiger partial charge in [0.25, 0.3) is 0 Å². The maximum atomic E-state index is 2.46. The van der Waals surface area contributed by atoms with Crippen LogP contribution in [-0.2, 0) is 24.3 Å². The fourth-order valence-corrected chi connectivity index (χ4v) is 6.26. The van der Waals surface area contributed by atoms with Crippen LogP contribution in [-0.4, -0.2) is 4.68 Å². The summed E-state index contributed by atoms with van der Waals surface area (Å²) in [7, 11) is 2.16. The highest BCUT2D eigenvalue weighted by Gasteiger charge is 2.37. The Labute approximate surface area is 230 Å². The minimum atomic E-state index is 0.171. The van der Waals surface area contributed by atoms with E-state index < -0.39 is 0 Å². The molecule has 1 heterocycles. The summed E-state index contributed by atoms with van der Waals surface area (Å²) in [6.07, 6.45) is 5.78. The van der Waals surface area contributed by atoms with E-state index in [0.717, 1.165) is 6.42 Å². The third-order valence-corrected chi connectivity index (χ3v) is 8.62. The lowest BCUT2D eigenvalue weighted by Gasteiger charge is -2.42. The van der Waals surface area contributed by atoms with Gasteiger partial charge in [0.15, 0.2) is 7.05 Å². The van der Waals surface area contributed by atoms with Crippen LogP contribution in [0.4, 0.5) is 0 Å². The number of nitrogens with zero attached hydrogens (tertiary/aromatic N) is 2. The summed E-state index contributed by atoms with van der Waals surface area (Å²) in [5.41, 5.74) is 12.8. The first-order valence-corrected chi connectivity index (χ1v) is 14.2. The van der Waals surface area contributed by atoms with Gasteiger partial charge in [-0.1, -0.05) is 109 Å². The minimum absolute atomic E-state index is 0.171. The molecule has 38 heavy (non-hydrogen) atoms. The molecule has 0 saturated heterocycles. The Kier molecular flexibility index (Phi) is 6.45. The van der Waals surface area contributed by atoms with Crippen LogP contribution >= 0.6 is 0 Å². The van der Waals surface area contributed by atoms with Crippen LogP contribution in [0.25, 0.3) is 27.9 Å². The summed E-state index contributed by atoms with van der Waals surface area (Å²) in [6.45, 7) is 18.8. The van der Waals surface area contributed by atoms with Gasteiger partial charge in [0, 0.05) is 0 Å². The van der Waals surface area contributed by atoms with Crippen LogP contribution in [0.15, 0.2) is 72.9 Å². The van der Waals surface area contributed by atoms with Crippen molar-refractivity contribution in [3.63, 3.8) is 0 Å². The molecular formula is C36H45N2+. The number of aromatic nitrogens is 2. The number of para-hydroxylation sites is 1. The fourth-order valence-electron chi connectivity index (χ4n) is 6.26. The van der Waals surface area contributed by atoms with E-state index in [4.69, 9.17) is 0 Å². The molecular weight excluding hydrogens is 460 g/mol. The molecule has 0 unspecified atom stereocenters. The predicted octanol–water partition coefficient (Wildman–Crippen LogP) is 8.88. The topological polar surface area (TPSA) is 8.81 Å². The van der Waals surface area contributed by atoms with Gasteiger partial charge in [0.1, 0.15) is 5.69 Å². The Morgan fingerprint density at radius 2 is 1.34 bits per heavy atom. The number of rotatable bonds is 4. The van der Waals surface area contributed by atoms with Crippen molar-refractivity contribution >= 4 is 0 Å². The largest absolute Gasteiger partial charge is 0.203 e. The summed E-state index contributed by atoms with van der Waals surface area (Å²) in [5, 5.41) is 0. The van der Waals surface area contributed by atoms with Crippen molar-refractivity contribution in [1.29, 1.82) is 0 Å². The molecule has 0 aliphatic heterocycles. The molecule has 0 amide bonds. The average Bonchev–Trinajstić information content (AvgIpc) is 3.16. The summed E-state index contributed by atoms with van der Waals surface area (Å²) in [6, 6.07) is 25.1. The smallest absolute Gasteiger partial charge is 0.125 e. The van der Waals surface area contributed by atoms with E-state index in [-0.39, 0.29) is 16.2 Å². The van der Waals surface area contributed by atoms with Gasteiger partial charge in [-0.2, -0.15) is 0 Å². The summed E-state index contributed by atoms with van der Waals surface area (Å²) in [5.74, 6) is 0. The summed E-state index contributed by atoms with van der Waals surface area (Å²) >= 11 is 0. The van der Waals surface area contributed by atoms with E-state index in [1.165, 1.54) is 63.2 Å². The number of benzene rings is 3. The Morgan fingerprint density at radius 1 is 0.763 bits per heavy atom. The van der Waals surface area contributed by atoms with Crippen LogP contribution < -0.4 is 4.68 Å². The lowest BCUT2D eigenvalue weighted by molar-refractivity contribution is -0.744. The second-order valence-electron chi connectivity index (χ2n) is 14.0. The van der Waals surface area contributed by atoms with Gasteiger partial charge in [0.05, 0.1) is 11.3 Å². The van der Waals surface area contributed by atoms with E-state index in [1.807, 2.05) is 0 Å². The molecule has 1 aromatic heterocycles. The van der Waals surface area contributed by atoms with Crippen LogP contribution in [0.1, 0.15) is 83.7 Å². The van der Waals surface area contributed by atoms with Crippen molar-refractivity contribution in [1.82, 2.24) is 4.68 Å². The van der Waals surface area contributed by atoms with Crippen molar-refractivity contribution < 1.29 is 4.68 Å². The zero-order valence-electron chi connectivity index (χ0n) is 24.9. The number of hydrogen-bond donors (Lipinski definition) is 0. The number of aryl methyl sites for hydroxylation is 2. The molecule has 0 fully saturated rings. The zero-order chi connectivity index (χ0) is 27.5. The molecule has 2 nitrogen and oxygen atoms in total. The lowest BCUT2D eigenvalue weighted by Crippen LogP contribution is -2.38. The molecule has 0 spiro atoms. The van der Waals surface area contributed by atoms with Gasteiger partial charge in [-0.3, -0.25) is 0 Å². The second-order valence-corrected chi connectivity index (χ2v) is 14.0. The number of hydrogen-bond acceptors (Lipinski definition) is 0. The summed E-state index contributed by atoms with van der Waals surface area (Å²) < 4.78 is 4.65. The van der Waals surface area contributed by atoms with Crippen LogP contribution in [0.2, 0.25) is 0 Å². The lowest BCUT2D eigenvalue weighted by atomic mass is 9.63. The zero-order valence-corrected chi connectivity index (χ0v) is 24.9. The van der Waals surface area contributed by atoms with Crippen molar-refractivity contribution in [3.05, 3.63) is 95.3 Å². The molecule has 0 saturated carbocycles. The Balaban J connectivity index is 1.57. The van der Waals surface area contributed by atoms with Gasteiger partial charge >= 0.3 is 0 Å². The maximum absolute atomic E-state index is 2.46. The third kappa shape index (κ3) is 4.86. The first kappa shape index (κ1) is 26.5. The Bertz CT molecular complexity index is 1470. The number of fused-ring (bicyclic) bond motifs is 1. The highest BCUT2D eigenvalue weighted by molar-refractivity contribution is 5.72. The van der Waals surface area contributed by atoms with Gasteiger partial charge < -0.3 is 0 Å². The Hall–Kier alpha value is -3.13. The van der Waals surface area contributed by atoms with E-state index in [9.17, 15) is 0 Å². The molecule has 1 aliphatic rings. The maximum Gasteiger partial charge on any atom is 0.203 e. The molecule has 0 atom stereocenters. The minimum Gasteiger partial charge on any atom is -0.125 e. The molecule has 4 aromatic rings. The highest BCUT2D eigenvalue weighted by Crippen LogP contribution is 2.47. The van der Waals surface area contributed by atoms with E-state index in [2.05, 4.69) is 145 Å². The van der Waals surface area contributed by atoms with Crippen molar-refractivity contribution in [2.45, 2.75) is 85.5 Å². The standard InChI is InChI=1S/C36H45N2/c1-25-12-10-11-13-32(25)38-33(23-34(2,3)4)29(24-37(38)9)27-16-14-26(15-17-27)28-18-19-30-31(22-28)36(7,8)21-20-35(30,5)6/h10-19,22,24H,20-21,23H2,1-9H3/q+1. The van der Waals surface area contributed by atoms with E-state index in [0.29, 0.717) is 0 Å². The van der Waals surface area contributed by atoms with Crippen molar-refractivity contribution in [2.24, 2.45) is 12.5 Å². The van der Waals surface area contributed by atoms with Crippen LogP contribution in [0.3, 0.4) is 0 Å². The molecule has 1 aliphatic carbocycles. The summed E-state index contributed by atoms with van der Waals surface area (Å²) in [4.78, 5) is 0. The van der Waals surface area contributed by atoms with Crippen LogP contribution in [0.5, 0.6) is 0 Å². The molecule has 0 N–H and O–H groups in total. The van der Waals surface area contributed by atoms with Gasteiger partial charge in [-0.15, -0.1) is 9.36 Å². The Morgan fingerprint density at radius 3 is 1.97 bits per heavy atom. The van der Waals surface area contributed by atoms with Gasteiger partial charge in [0.2, 0.25) is 6.20 Å². The molecule has 198 valence electrons. The molecule has 2 heteroatoms. The molecule has 0 bridgehead atoms. The monoisotopic (exact) mass is 505 g/mol. The van der Waals surface area contributed by atoms with Gasteiger partial charge in [-0.25, -0.2) is 0 Å². The normalized spacial score (nSPS) is 16.3. The SMILES string of the molecule is Cc1ccccc1-n1c(CC(C)(C)C)c(-c2ccc(-c3ccc4c(c3)C(C)(C)CCC4(C)C)cc2)c[n+]1C. The second kappa shape index (κ2) is 9.26. The quantitative estimate of drug-likeness (QED) is 0.245. The first-order chi connectivity index (χ1) is 17.8. The van der Waals surface area contributed by atoms with Crippen LogP contribution in [0, 0.1) is 12.3 Å². The van der Waals surface area contributed by atoms with Crippen molar-refractivity contribution in [2.75, 3.05) is 0 Å². The third-order valence-electron chi connectivity index (χ3n) is 8.62. The fraction of sp³-hybridized carbons (Fsp3) is 0.417. The molecule has 3 aromatic carbocycles.